The van der Waals surface area contributed by atoms with Gasteiger partial charge in [-0.25, -0.2) is 9.37 Å². The van der Waals surface area contributed by atoms with Gasteiger partial charge in [0.05, 0.1) is 30.1 Å². The number of ether oxygens (including phenoxy) is 2. The Kier molecular flexibility index (Phi) is 6.42. The summed E-state index contributed by atoms with van der Waals surface area (Å²) in [6, 6.07) is 4.64. The van der Waals surface area contributed by atoms with Crippen LogP contribution in [0.5, 0.6) is 0 Å². The van der Waals surface area contributed by atoms with Crippen LogP contribution >= 0.6 is 11.6 Å². The molecule has 1 heterocycles. The molecule has 0 spiro atoms. The van der Waals surface area contributed by atoms with Gasteiger partial charge in [0.15, 0.2) is 0 Å². The Bertz CT molecular complexity index is 574. The number of aromatic nitrogens is 2. The molecule has 116 valence electrons. The first-order valence-corrected chi connectivity index (χ1v) is 7.57. The summed E-state index contributed by atoms with van der Waals surface area (Å²) in [7, 11) is 1.66. The molecule has 2 rings (SSSR count). The van der Waals surface area contributed by atoms with Gasteiger partial charge >= 0.3 is 0 Å². The number of benzene rings is 1. The van der Waals surface area contributed by atoms with Gasteiger partial charge in [0, 0.05) is 26.3 Å². The van der Waals surface area contributed by atoms with Gasteiger partial charge in [0.1, 0.15) is 11.6 Å². The van der Waals surface area contributed by atoms with Crippen molar-refractivity contribution in [2.75, 3.05) is 26.9 Å². The van der Waals surface area contributed by atoms with Crippen molar-refractivity contribution in [3.63, 3.8) is 0 Å². The molecule has 4 nitrogen and oxygen atoms in total. The predicted octanol–water partition coefficient (Wildman–Crippen LogP) is 3.36. The van der Waals surface area contributed by atoms with Gasteiger partial charge in [-0.1, -0.05) is 0 Å². The summed E-state index contributed by atoms with van der Waals surface area (Å²) >= 11 is 5.92. The number of halogens is 2. The van der Waals surface area contributed by atoms with E-state index in [0.29, 0.717) is 31.2 Å². The Morgan fingerprint density at radius 3 is 2.86 bits per heavy atom. The van der Waals surface area contributed by atoms with Gasteiger partial charge in [0.2, 0.25) is 0 Å². The maximum atomic E-state index is 13.2. The number of hydrogen-bond acceptors (Lipinski definition) is 3. The first-order valence-electron chi connectivity index (χ1n) is 7.03. The zero-order valence-electron chi connectivity index (χ0n) is 12.1. The molecular formula is C15H20ClFN2O2. The number of rotatable bonds is 9. The minimum Gasteiger partial charge on any atom is -0.382 e. The summed E-state index contributed by atoms with van der Waals surface area (Å²) in [6.45, 7) is 2.75. The molecule has 2 aromatic rings. The van der Waals surface area contributed by atoms with Crippen molar-refractivity contribution in [1.29, 1.82) is 0 Å². The predicted molar refractivity (Wildman–Crippen MR) is 81.2 cm³/mol. The number of aryl methyl sites for hydroxylation is 1. The SMILES string of the molecule is COCCOCCCCn1c(CCl)nc2cc(F)ccc21. The van der Waals surface area contributed by atoms with Crippen molar-refractivity contribution in [2.24, 2.45) is 0 Å². The molecule has 0 unspecified atom stereocenters. The lowest BCUT2D eigenvalue weighted by Gasteiger charge is -2.08. The van der Waals surface area contributed by atoms with Crippen molar-refractivity contribution < 1.29 is 13.9 Å². The third kappa shape index (κ3) is 4.40. The summed E-state index contributed by atoms with van der Waals surface area (Å²) in [4.78, 5) is 4.37. The molecule has 0 atom stereocenters. The molecule has 0 N–H and O–H groups in total. The van der Waals surface area contributed by atoms with Gasteiger partial charge in [-0.05, 0) is 25.0 Å². The monoisotopic (exact) mass is 314 g/mol. The van der Waals surface area contributed by atoms with Gasteiger partial charge < -0.3 is 14.0 Å². The second-order valence-electron chi connectivity index (χ2n) is 4.76. The van der Waals surface area contributed by atoms with E-state index in [0.717, 1.165) is 30.7 Å². The standard InChI is InChI=1S/C15H20ClFN2O2/c1-20-8-9-21-7-3-2-6-19-14-5-4-12(17)10-13(14)18-15(19)11-16/h4-5,10H,2-3,6-9,11H2,1H3. The highest BCUT2D eigenvalue weighted by Gasteiger charge is 2.10. The van der Waals surface area contributed by atoms with Crippen LogP contribution in [0.4, 0.5) is 4.39 Å². The molecule has 0 saturated heterocycles. The number of fused-ring (bicyclic) bond motifs is 1. The van der Waals surface area contributed by atoms with Crippen molar-refractivity contribution >= 4 is 22.6 Å². The molecule has 0 amide bonds. The van der Waals surface area contributed by atoms with Gasteiger partial charge in [-0.2, -0.15) is 0 Å². The molecule has 0 saturated carbocycles. The van der Waals surface area contributed by atoms with E-state index in [4.69, 9.17) is 21.1 Å². The lowest BCUT2D eigenvalue weighted by Crippen LogP contribution is -2.06. The largest absolute Gasteiger partial charge is 0.382 e. The molecule has 1 aromatic carbocycles. The second kappa shape index (κ2) is 8.32. The third-order valence-corrected chi connectivity index (χ3v) is 3.50. The molecule has 0 fully saturated rings. The number of methoxy groups -OCH3 is 1. The maximum absolute atomic E-state index is 13.2. The average molecular weight is 315 g/mol. The zero-order valence-corrected chi connectivity index (χ0v) is 12.9. The Balaban J connectivity index is 1.91. The Morgan fingerprint density at radius 1 is 1.24 bits per heavy atom. The fourth-order valence-electron chi connectivity index (χ4n) is 2.22. The summed E-state index contributed by atoms with van der Waals surface area (Å²) in [6.07, 6.45) is 1.91. The van der Waals surface area contributed by atoms with Crippen molar-refractivity contribution in [3.05, 3.63) is 29.8 Å². The fraction of sp³-hybridized carbons (Fsp3) is 0.533. The zero-order chi connectivity index (χ0) is 15.1. The van der Waals surface area contributed by atoms with E-state index in [1.165, 1.54) is 12.1 Å². The van der Waals surface area contributed by atoms with E-state index in [1.807, 2.05) is 0 Å². The first-order chi connectivity index (χ1) is 10.3. The van der Waals surface area contributed by atoms with Crippen LogP contribution in [0.3, 0.4) is 0 Å². The molecule has 0 aliphatic rings. The van der Waals surface area contributed by atoms with Crippen LogP contribution in [0.1, 0.15) is 18.7 Å². The van der Waals surface area contributed by atoms with E-state index in [9.17, 15) is 4.39 Å². The molecule has 0 aliphatic carbocycles. The van der Waals surface area contributed by atoms with Crippen molar-refractivity contribution in [3.8, 4) is 0 Å². The lowest BCUT2D eigenvalue weighted by atomic mass is 10.3. The number of hydrogen-bond donors (Lipinski definition) is 0. The second-order valence-corrected chi connectivity index (χ2v) is 5.03. The van der Waals surface area contributed by atoms with E-state index >= 15 is 0 Å². The van der Waals surface area contributed by atoms with Gasteiger partial charge in [0.25, 0.3) is 0 Å². The normalized spacial score (nSPS) is 11.4. The van der Waals surface area contributed by atoms with E-state index in [2.05, 4.69) is 9.55 Å². The van der Waals surface area contributed by atoms with E-state index in [1.54, 1.807) is 13.2 Å². The number of nitrogens with zero attached hydrogens (tertiary/aromatic N) is 2. The quantitative estimate of drug-likeness (QED) is 0.526. The molecular weight excluding hydrogens is 295 g/mol. The number of unbranched alkanes of at least 4 members (excludes halogenated alkanes) is 1. The maximum Gasteiger partial charge on any atom is 0.125 e. The number of alkyl halides is 1. The van der Waals surface area contributed by atoms with Crippen LogP contribution in [0, 0.1) is 5.82 Å². The molecule has 21 heavy (non-hydrogen) atoms. The lowest BCUT2D eigenvalue weighted by molar-refractivity contribution is 0.0684. The van der Waals surface area contributed by atoms with Crippen LogP contribution in [0.25, 0.3) is 11.0 Å². The molecule has 0 radical (unpaired) electrons. The Labute approximate surface area is 128 Å². The highest BCUT2D eigenvalue weighted by atomic mass is 35.5. The molecule has 0 bridgehead atoms. The van der Waals surface area contributed by atoms with Crippen LogP contribution in [0.15, 0.2) is 18.2 Å². The van der Waals surface area contributed by atoms with E-state index in [-0.39, 0.29) is 5.82 Å². The van der Waals surface area contributed by atoms with Gasteiger partial charge in [-0.15, -0.1) is 11.6 Å². The Hall–Kier alpha value is -1.17. The fourth-order valence-corrected chi connectivity index (χ4v) is 2.43. The number of imidazole rings is 1. The average Bonchev–Trinajstić information content (AvgIpc) is 2.83. The van der Waals surface area contributed by atoms with E-state index < -0.39 is 0 Å². The van der Waals surface area contributed by atoms with Crippen LogP contribution in [-0.4, -0.2) is 36.5 Å². The summed E-state index contributed by atoms with van der Waals surface area (Å²) in [5.41, 5.74) is 1.58. The Morgan fingerprint density at radius 2 is 2.10 bits per heavy atom. The van der Waals surface area contributed by atoms with Crippen LogP contribution in [0.2, 0.25) is 0 Å². The molecule has 6 heteroatoms. The van der Waals surface area contributed by atoms with Crippen molar-refractivity contribution in [2.45, 2.75) is 25.3 Å². The third-order valence-electron chi connectivity index (χ3n) is 3.26. The summed E-state index contributed by atoms with van der Waals surface area (Å²) in [5, 5.41) is 0. The minimum atomic E-state index is -0.278. The molecule has 1 aromatic heterocycles. The van der Waals surface area contributed by atoms with Crippen LogP contribution in [-0.2, 0) is 21.9 Å². The smallest absolute Gasteiger partial charge is 0.125 e. The first kappa shape index (κ1) is 16.2. The molecule has 0 aliphatic heterocycles. The highest BCUT2D eigenvalue weighted by molar-refractivity contribution is 6.16. The van der Waals surface area contributed by atoms with Crippen molar-refractivity contribution in [1.82, 2.24) is 9.55 Å². The summed E-state index contributed by atoms with van der Waals surface area (Å²) < 4.78 is 25.6. The minimum absolute atomic E-state index is 0.278. The van der Waals surface area contributed by atoms with Gasteiger partial charge in [-0.3, -0.25) is 0 Å². The summed E-state index contributed by atoms with van der Waals surface area (Å²) in [5.74, 6) is 0.818. The highest BCUT2D eigenvalue weighted by Crippen LogP contribution is 2.19. The van der Waals surface area contributed by atoms with Crippen LogP contribution < -0.4 is 0 Å². The topological polar surface area (TPSA) is 36.3 Å².